The Balaban J connectivity index is 5.13. The number of carbonyl (C=O) groups is 2. The van der Waals surface area contributed by atoms with Crippen LogP contribution in [0.5, 0.6) is 0 Å². The third-order valence-corrected chi connectivity index (χ3v) is 16.4. The second kappa shape index (κ2) is 64.6. The highest BCUT2D eigenvalue weighted by Gasteiger charge is 2.30. The Morgan fingerprint density at radius 2 is 0.709 bits per heavy atom. The number of nitrogens with zero attached hydrogens (tertiary/aromatic N) is 1. The number of phosphoric ester groups is 1. The van der Waals surface area contributed by atoms with Gasteiger partial charge in [0.05, 0.1) is 33.8 Å². The normalized spacial score (nSPS) is 14.2. The molecule has 0 radical (unpaired) electrons. The number of likely N-dealkylation sites (N-methyl/N-ethyl adjacent to an activating group) is 1. The maximum atomic E-state index is 13.6. The first-order valence-electron chi connectivity index (χ1n) is 35.7. The summed E-state index contributed by atoms with van der Waals surface area (Å²) in [7, 11) is 1.48. The van der Waals surface area contributed by atoms with Crippen molar-refractivity contribution in [2.24, 2.45) is 0 Å². The van der Waals surface area contributed by atoms with Crippen LogP contribution in [0.15, 0.2) is 109 Å². The average molecular weight is 1220 g/mol. The predicted octanol–water partition coefficient (Wildman–Crippen LogP) is 22.8. The van der Waals surface area contributed by atoms with Crippen LogP contribution in [0.3, 0.4) is 0 Å². The van der Waals surface area contributed by atoms with E-state index in [2.05, 4.69) is 123 Å². The number of rotatable bonds is 64. The highest BCUT2D eigenvalue weighted by molar-refractivity contribution is 7.47. The lowest BCUT2D eigenvalue weighted by Crippen LogP contribution is -2.47. The maximum absolute atomic E-state index is 13.6. The van der Waals surface area contributed by atoms with E-state index in [9.17, 15) is 19.0 Å². The molecule has 0 fully saturated rings. The van der Waals surface area contributed by atoms with Crippen molar-refractivity contribution in [1.82, 2.24) is 5.32 Å². The lowest BCUT2D eigenvalue weighted by atomic mass is 10.0. The van der Waals surface area contributed by atoms with Gasteiger partial charge in [-0.1, -0.05) is 285 Å². The zero-order valence-electron chi connectivity index (χ0n) is 56.8. The molecule has 0 saturated carbocycles. The van der Waals surface area contributed by atoms with Gasteiger partial charge in [0, 0.05) is 12.8 Å². The third-order valence-electron chi connectivity index (χ3n) is 15.4. The van der Waals surface area contributed by atoms with E-state index >= 15 is 0 Å². The Labute approximate surface area is 531 Å². The molecule has 1 amide bonds. The first-order valence-corrected chi connectivity index (χ1v) is 37.2. The molecule has 0 aliphatic rings. The number of unbranched alkanes of at least 4 members (excludes halogenated alkanes) is 32. The van der Waals surface area contributed by atoms with Gasteiger partial charge < -0.3 is 19.4 Å². The smallest absolute Gasteiger partial charge is 0.456 e. The van der Waals surface area contributed by atoms with Gasteiger partial charge in [-0.25, -0.2) is 4.57 Å². The quantitative estimate of drug-likeness (QED) is 0.0205. The van der Waals surface area contributed by atoms with Gasteiger partial charge >= 0.3 is 13.8 Å². The SMILES string of the molecule is CCCCC/C=C\C/C=C\C/C=C\C/C=C\CCCCCCCCCCCC(=O)NC(COP(=O)(O)OCC[N+](C)(C)C)C(/C=C/CCCCCCCCCCCC)OC(=O)CCCCCCCCC/C=C\C/C=C\C/C=C\C/C=C\CCCCC. The molecule has 10 heteroatoms. The van der Waals surface area contributed by atoms with Gasteiger partial charge in [0.25, 0.3) is 0 Å². The van der Waals surface area contributed by atoms with Gasteiger partial charge in [-0.3, -0.25) is 18.6 Å². The van der Waals surface area contributed by atoms with Crippen LogP contribution >= 0.6 is 7.82 Å². The van der Waals surface area contributed by atoms with Gasteiger partial charge in [-0.05, 0) is 122 Å². The van der Waals surface area contributed by atoms with E-state index in [-0.39, 0.29) is 31.5 Å². The zero-order valence-corrected chi connectivity index (χ0v) is 57.7. The summed E-state index contributed by atoms with van der Waals surface area (Å²) >= 11 is 0. The van der Waals surface area contributed by atoms with Crippen molar-refractivity contribution >= 4 is 19.7 Å². The predicted molar refractivity (Wildman–Crippen MR) is 373 cm³/mol. The summed E-state index contributed by atoms with van der Waals surface area (Å²) in [5.41, 5.74) is 0. The second-order valence-corrected chi connectivity index (χ2v) is 26.5. The summed E-state index contributed by atoms with van der Waals surface area (Å²) in [4.78, 5) is 37.9. The summed E-state index contributed by atoms with van der Waals surface area (Å²) in [6, 6.07) is -0.864. The van der Waals surface area contributed by atoms with Crippen LogP contribution in [0.2, 0.25) is 0 Å². The fourth-order valence-corrected chi connectivity index (χ4v) is 10.6. The summed E-state index contributed by atoms with van der Waals surface area (Å²) in [5, 5.41) is 3.06. The molecule has 0 aromatic carbocycles. The fraction of sp³-hybridized carbons (Fsp3) is 0.737. The number of hydrogen-bond donors (Lipinski definition) is 2. The first kappa shape index (κ1) is 82.7. The first-order chi connectivity index (χ1) is 41.9. The molecule has 0 aromatic rings. The molecule has 2 N–H and O–H groups in total. The molecule has 86 heavy (non-hydrogen) atoms. The number of quaternary nitrogens is 1. The minimum atomic E-state index is -4.47. The molecular formula is C76H136N2O7P+. The molecule has 0 bridgehead atoms. The fourth-order valence-electron chi connectivity index (χ4n) is 9.91. The third kappa shape index (κ3) is 65.1. The van der Waals surface area contributed by atoms with E-state index in [1.54, 1.807) is 0 Å². The van der Waals surface area contributed by atoms with Gasteiger partial charge in [-0.2, -0.15) is 0 Å². The van der Waals surface area contributed by atoms with E-state index < -0.39 is 20.0 Å². The lowest BCUT2D eigenvalue weighted by molar-refractivity contribution is -0.870. The number of allylic oxidation sites excluding steroid dienone is 17. The molecule has 0 heterocycles. The summed E-state index contributed by atoms with van der Waals surface area (Å²) in [6.45, 7) is 6.96. The van der Waals surface area contributed by atoms with Crippen molar-refractivity contribution < 1.29 is 37.3 Å². The van der Waals surface area contributed by atoms with Crippen LogP contribution < -0.4 is 5.32 Å². The topological polar surface area (TPSA) is 111 Å². The Morgan fingerprint density at radius 1 is 0.407 bits per heavy atom. The molecule has 3 unspecified atom stereocenters. The summed E-state index contributed by atoms with van der Waals surface area (Å²) in [6.07, 6.45) is 89.5. The number of phosphoric acid groups is 1. The molecule has 0 aromatic heterocycles. The highest BCUT2D eigenvalue weighted by Crippen LogP contribution is 2.43. The number of amides is 1. The standard InChI is InChI=1S/C76H135N2O7P/c1-7-10-13-16-19-22-25-28-30-32-34-36-38-39-41-42-44-46-48-50-53-56-59-62-65-68-75(79)77-73(72-84-86(81,82)83-71-70-78(4,5)6)74(67-64-61-58-55-52-27-24-21-18-15-12-9-3)85-76(80)69-66-63-60-57-54-51-49-47-45-43-40-37-35-33-31-29-26-23-20-17-14-11-8-2/h19-20,22-23,28-31,34-37,39,41,43,45,64,67,73-74H,7-18,21,24-27,32-33,38,40,42,44,46-63,65-66,68-72H2,1-6H3,(H-,77,79,81,82)/p+1/b22-19-,23-20-,30-28-,31-29-,36-34-,37-35-,41-39-,45-43-,67-64+. The Hall–Kier alpha value is -3.33. The summed E-state index contributed by atoms with van der Waals surface area (Å²) < 4.78 is 30.8. The zero-order chi connectivity index (χ0) is 62.8. The minimum absolute atomic E-state index is 0.0321. The van der Waals surface area contributed by atoms with Gasteiger partial charge in [0.15, 0.2) is 0 Å². The van der Waals surface area contributed by atoms with Crippen molar-refractivity contribution in [3.63, 3.8) is 0 Å². The van der Waals surface area contributed by atoms with Crippen LogP contribution in [0.25, 0.3) is 0 Å². The van der Waals surface area contributed by atoms with Crippen LogP contribution in [-0.4, -0.2) is 74.3 Å². The monoisotopic (exact) mass is 1220 g/mol. The number of hydrogen-bond acceptors (Lipinski definition) is 6. The number of ether oxygens (including phenoxy) is 1. The van der Waals surface area contributed by atoms with Crippen LogP contribution in [0, 0.1) is 0 Å². The van der Waals surface area contributed by atoms with E-state index in [0.717, 1.165) is 122 Å². The van der Waals surface area contributed by atoms with E-state index in [1.165, 1.54) is 154 Å². The molecule has 0 spiro atoms. The largest absolute Gasteiger partial charge is 0.472 e. The molecule has 0 aliphatic heterocycles. The van der Waals surface area contributed by atoms with Crippen LogP contribution in [0.1, 0.15) is 310 Å². The molecule has 0 saturated heterocycles. The minimum Gasteiger partial charge on any atom is -0.456 e. The summed E-state index contributed by atoms with van der Waals surface area (Å²) in [5.74, 6) is -0.524. The van der Waals surface area contributed by atoms with Crippen molar-refractivity contribution in [1.29, 1.82) is 0 Å². The van der Waals surface area contributed by atoms with Gasteiger partial charge in [0.1, 0.15) is 19.3 Å². The Kier molecular flexibility index (Phi) is 62.1. The van der Waals surface area contributed by atoms with E-state index in [4.69, 9.17) is 13.8 Å². The number of nitrogens with one attached hydrogen (secondary N) is 1. The maximum Gasteiger partial charge on any atom is 0.472 e. The van der Waals surface area contributed by atoms with Crippen LogP contribution in [-0.2, 0) is 27.9 Å². The molecular weight excluding hydrogens is 1080 g/mol. The van der Waals surface area contributed by atoms with Gasteiger partial charge in [-0.15, -0.1) is 0 Å². The molecule has 3 atom stereocenters. The van der Waals surface area contributed by atoms with Crippen molar-refractivity contribution in [2.45, 2.75) is 322 Å². The Bertz CT molecular complexity index is 1840. The van der Waals surface area contributed by atoms with Crippen molar-refractivity contribution in [2.75, 3.05) is 40.9 Å². The van der Waals surface area contributed by atoms with Crippen molar-refractivity contribution in [3.05, 3.63) is 109 Å². The molecule has 9 nitrogen and oxygen atoms in total. The second-order valence-electron chi connectivity index (χ2n) is 25.0. The number of esters is 1. The average Bonchev–Trinajstić information content (AvgIpc) is 3.69. The van der Waals surface area contributed by atoms with Gasteiger partial charge in [0.2, 0.25) is 5.91 Å². The molecule has 0 rings (SSSR count). The van der Waals surface area contributed by atoms with Crippen LogP contribution in [0.4, 0.5) is 0 Å². The molecule has 496 valence electrons. The Morgan fingerprint density at radius 3 is 1.08 bits per heavy atom. The highest BCUT2D eigenvalue weighted by atomic mass is 31.2. The van der Waals surface area contributed by atoms with E-state index in [1.807, 2.05) is 33.3 Å². The van der Waals surface area contributed by atoms with E-state index in [0.29, 0.717) is 17.4 Å². The lowest BCUT2D eigenvalue weighted by Gasteiger charge is -2.27. The molecule has 0 aliphatic carbocycles. The van der Waals surface area contributed by atoms with Crippen molar-refractivity contribution in [3.8, 4) is 0 Å². The number of carbonyl (C=O) groups excluding carboxylic acids is 2.